The van der Waals surface area contributed by atoms with Gasteiger partial charge in [0, 0.05) is 32.4 Å². The summed E-state index contributed by atoms with van der Waals surface area (Å²) in [5.41, 5.74) is 0.615. The first-order valence-corrected chi connectivity index (χ1v) is 8.11. The Morgan fingerprint density at radius 1 is 1.21 bits per heavy atom. The highest BCUT2D eigenvalue weighted by molar-refractivity contribution is 5.54. The molecule has 0 spiro atoms. The largest absolute Gasteiger partial charge is 0.477 e. The van der Waals surface area contributed by atoms with Gasteiger partial charge in [0.15, 0.2) is 5.82 Å². The number of pyridine rings is 1. The summed E-state index contributed by atoms with van der Waals surface area (Å²) in [7, 11) is 0. The molecule has 1 saturated heterocycles. The lowest BCUT2D eigenvalue weighted by molar-refractivity contribution is 0.325. The molecule has 0 radical (unpaired) electrons. The van der Waals surface area contributed by atoms with Gasteiger partial charge in [0.05, 0.1) is 24.6 Å². The van der Waals surface area contributed by atoms with E-state index in [9.17, 15) is 5.26 Å². The third-order valence-electron chi connectivity index (χ3n) is 3.92. The zero-order valence-electron chi connectivity index (χ0n) is 13.7. The van der Waals surface area contributed by atoms with Gasteiger partial charge >= 0.3 is 0 Å². The van der Waals surface area contributed by atoms with Crippen LogP contribution < -0.4 is 14.5 Å². The van der Waals surface area contributed by atoms with Crippen molar-refractivity contribution < 1.29 is 4.74 Å². The molecule has 124 valence electrons. The number of nitriles is 1. The normalized spacial score (nSPS) is 14.8. The Kier molecular flexibility index (Phi) is 5.06. The van der Waals surface area contributed by atoms with Gasteiger partial charge in [0.25, 0.3) is 0 Å². The second-order valence-corrected chi connectivity index (χ2v) is 5.46. The molecule has 0 aromatic carbocycles. The summed E-state index contributed by atoms with van der Waals surface area (Å²) in [6.45, 7) is 5.83. The van der Waals surface area contributed by atoms with Gasteiger partial charge in [-0.2, -0.15) is 10.2 Å². The highest BCUT2D eigenvalue weighted by atomic mass is 16.5. The average molecular weight is 324 g/mol. The molecule has 0 unspecified atom stereocenters. The maximum absolute atomic E-state index is 9.27. The maximum Gasteiger partial charge on any atom is 0.234 e. The number of hydrogen-bond donors (Lipinski definition) is 0. The van der Waals surface area contributed by atoms with E-state index in [4.69, 9.17) is 4.74 Å². The van der Waals surface area contributed by atoms with E-state index >= 15 is 0 Å². The molecule has 3 rings (SSSR count). The molecule has 1 aliphatic rings. The monoisotopic (exact) mass is 324 g/mol. The van der Waals surface area contributed by atoms with E-state index in [1.54, 1.807) is 24.7 Å². The minimum Gasteiger partial charge on any atom is -0.477 e. The Bertz CT molecular complexity index is 729. The molecule has 3 heterocycles. The van der Waals surface area contributed by atoms with Crippen molar-refractivity contribution in [1.82, 2.24) is 15.0 Å². The molecule has 7 nitrogen and oxygen atoms in total. The fraction of sp³-hybridized carbons (Fsp3) is 0.412. The lowest BCUT2D eigenvalue weighted by atomic mass is 10.2. The summed E-state index contributed by atoms with van der Waals surface area (Å²) in [5.74, 6) is 2.13. The van der Waals surface area contributed by atoms with Crippen molar-refractivity contribution in [2.24, 2.45) is 0 Å². The van der Waals surface area contributed by atoms with Gasteiger partial charge in [-0.25, -0.2) is 4.98 Å². The quantitative estimate of drug-likeness (QED) is 0.849. The van der Waals surface area contributed by atoms with Gasteiger partial charge in [-0.1, -0.05) is 0 Å². The van der Waals surface area contributed by atoms with Gasteiger partial charge in [-0.05, 0) is 25.5 Å². The number of aromatic nitrogens is 3. The summed E-state index contributed by atoms with van der Waals surface area (Å²) < 4.78 is 5.43. The number of nitrogens with zero attached hydrogens (tertiary/aromatic N) is 6. The summed E-state index contributed by atoms with van der Waals surface area (Å²) in [4.78, 5) is 17.5. The smallest absolute Gasteiger partial charge is 0.234 e. The van der Waals surface area contributed by atoms with Crippen molar-refractivity contribution in [1.29, 1.82) is 5.26 Å². The standard InChI is InChI=1S/C17H20N6O/c1-2-24-16-13-19-12-15(21-16)22-7-4-8-23(10-9-22)17-14(11-18)5-3-6-20-17/h3,5-6,12-13H,2,4,7-10H2,1H3. The molecule has 0 amide bonds. The van der Waals surface area contributed by atoms with Crippen LogP contribution in [0.4, 0.5) is 11.6 Å². The van der Waals surface area contributed by atoms with Gasteiger partial charge in [-0.3, -0.25) is 4.98 Å². The van der Waals surface area contributed by atoms with Crippen molar-refractivity contribution in [3.63, 3.8) is 0 Å². The molecule has 0 atom stereocenters. The topological polar surface area (TPSA) is 78.2 Å². The maximum atomic E-state index is 9.27. The fourth-order valence-electron chi connectivity index (χ4n) is 2.80. The third kappa shape index (κ3) is 3.54. The summed E-state index contributed by atoms with van der Waals surface area (Å²) in [5, 5.41) is 9.27. The SMILES string of the molecule is CCOc1cncc(N2CCCN(c3ncccc3C#N)CC2)n1. The molecule has 1 fully saturated rings. The summed E-state index contributed by atoms with van der Waals surface area (Å²) >= 11 is 0. The Balaban J connectivity index is 1.73. The molecule has 1 aliphatic heterocycles. The number of anilines is 2. The molecular formula is C17H20N6O. The Morgan fingerprint density at radius 2 is 2.04 bits per heavy atom. The van der Waals surface area contributed by atoms with Crippen molar-refractivity contribution in [3.05, 3.63) is 36.3 Å². The molecular weight excluding hydrogens is 304 g/mol. The molecule has 7 heteroatoms. The van der Waals surface area contributed by atoms with E-state index in [1.165, 1.54) is 0 Å². The van der Waals surface area contributed by atoms with Crippen LogP contribution in [0.15, 0.2) is 30.7 Å². The second-order valence-electron chi connectivity index (χ2n) is 5.46. The van der Waals surface area contributed by atoms with Crippen LogP contribution in [0.3, 0.4) is 0 Å². The first kappa shape index (κ1) is 16.0. The molecule has 0 bridgehead atoms. The fourth-order valence-corrected chi connectivity index (χ4v) is 2.80. The van der Waals surface area contributed by atoms with Crippen LogP contribution in [0, 0.1) is 11.3 Å². The highest BCUT2D eigenvalue weighted by Gasteiger charge is 2.19. The molecule has 24 heavy (non-hydrogen) atoms. The molecule has 0 saturated carbocycles. The minimum atomic E-state index is 0.549. The third-order valence-corrected chi connectivity index (χ3v) is 3.92. The first-order valence-electron chi connectivity index (χ1n) is 8.11. The van der Waals surface area contributed by atoms with Crippen molar-refractivity contribution in [2.45, 2.75) is 13.3 Å². The van der Waals surface area contributed by atoms with Gasteiger partial charge in [0.1, 0.15) is 11.9 Å². The van der Waals surface area contributed by atoms with E-state index in [2.05, 4.69) is 30.8 Å². The summed E-state index contributed by atoms with van der Waals surface area (Å²) in [6, 6.07) is 5.82. The van der Waals surface area contributed by atoms with E-state index in [0.29, 0.717) is 18.1 Å². The number of rotatable bonds is 4. The van der Waals surface area contributed by atoms with Gasteiger partial charge in [0.2, 0.25) is 5.88 Å². The van der Waals surface area contributed by atoms with Crippen LogP contribution in [0.2, 0.25) is 0 Å². The summed E-state index contributed by atoms with van der Waals surface area (Å²) in [6.07, 6.45) is 6.09. The van der Waals surface area contributed by atoms with Crippen molar-refractivity contribution >= 4 is 11.6 Å². The van der Waals surface area contributed by atoms with E-state index in [-0.39, 0.29) is 0 Å². The van der Waals surface area contributed by atoms with E-state index in [1.807, 2.05) is 13.0 Å². The Labute approximate surface area is 141 Å². The van der Waals surface area contributed by atoms with Crippen LogP contribution in [0.5, 0.6) is 5.88 Å². The second kappa shape index (κ2) is 7.59. The Hall–Kier alpha value is -2.88. The average Bonchev–Trinajstić information content (AvgIpc) is 2.88. The van der Waals surface area contributed by atoms with Crippen LogP contribution >= 0.6 is 0 Å². The van der Waals surface area contributed by atoms with Crippen LogP contribution in [-0.4, -0.2) is 47.7 Å². The predicted octanol–water partition coefficient (Wildman–Crippen LogP) is 1.86. The molecule has 0 N–H and O–H groups in total. The van der Waals surface area contributed by atoms with Crippen molar-refractivity contribution in [2.75, 3.05) is 42.6 Å². The predicted molar refractivity (Wildman–Crippen MR) is 91.2 cm³/mol. The van der Waals surface area contributed by atoms with E-state index in [0.717, 1.165) is 44.2 Å². The zero-order chi connectivity index (χ0) is 16.8. The zero-order valence-corrected chi connectivity index (χ0v) is 13.7. The first-order chi connectivity index (χ1) is 11.8. The molecule has 0 aliphatic carbocycles. The number of ether oxygens (including phenoxy) is 1. The number of hydrogen-bond acceptors (Lipinski definition) is 7. The Morgan fingerprint density at radius 3 is 2.88 bits per heavy atom. The lowest BCUT2D eigenvalue weighted by Crippen LogP contribution is -2.32. The van der Waals surface area contributed by atoms with Gasteiger partial charge in [-0.15, -0.1) is 0 Å². The molecule has 2 aromatic heterocycles. The highest BCUT2D eigenvalue weighted by Crippen LogP contribution is 2.21. The minimum absolute atomic E-state index is 0.549. The van der Waals surface area contributed by atoms with Crippen LogP contribution in [-0.2, 0) is 0 Å². The van der Waals surface area contributed by atoms with Crippen LogP contribution in [0.25, 0.3) is 0 Å². The lowest BCUT2D eigenvalue weighted by Gasteiger charge is -2.23. The van der Waals surface area contributed by atoms with Crippen molar-refractivity contribution in [3.8, 4) is 11.9 Å². The molecule has 2 aromatic rings. The van der Waals surface area contributed by atoms with Crippen LogP contribution in [0.1, 0.15) is 18.9 Å². The van der Waals surface area contributed by atoms with E-state index < -0.39 is 0 Å². The van der Waals surface area contributed by atoms with Gasteiger partial charge < -0.3 is 14.5 Å².